The average molecular weight is 124 g/mol. The Balaban J connectivity index is 2.76. The molecule has 0 amide bonds. The van der Waals surface area contributed by atoms with E-state index in [9.17, 15) is 4.79 Å². The van der Waals surface area contributed by atoms with Gasteiger partial charge in [-0.15, -0.1) is 0 Å². The second kappa shape index (κ2) is 2.41. The van der Waals surface area contributed by atoms with E-state index in [1.807, 2.05) is 0 Å². The molecule has 0 aromatic carbocycles. The normalized spacial score (nSPS) is 13.0. The Morgan fingerprint density at radius 3 is 3.00 bits per heavy atom. The van der Waals surface area contributed by atoms with Crippen LogP contribution in [0.4, 0.5) is 0 Å². The lowest BCUT2D eigenvalue weighted by atomic mass is 10.6. The van der Waals surface area contributed by atoms with Crippen LogP contribution >= 0.6 is 0 Å². The van der Waals surface area contributed by atoms with Crippen LogP contribution in [0, 0.1) is 0 Å². The molecule has 1 aromatic rings. The SMILES string of the molecule is NC([C]=O)n1ccnc1. The van der Waals surface area contributed by atoms with E-state index < -0.39 is 6.17 Å². The largest absolute Gasteiger partial charge is 0.314 e. The van der Waals surface area contributed by atoms with Crippen molar-refractivity contribution in [1.29, 1.82) is 0 Å². The third kappa shape index (κ3) is 1.14. The van der Waals surface area contributed by atoms with Gasteiger partial charge in [-0.3, -0.25) is 4.79 Å². The first-order chi connectivity index (χ1) is 4.34. The number of rotatable bonds is 2. The van der Waals surface area contributed by atoms with Gasteiger partial charge in [0.2, 0.25) is 6.29 Å². The van der Waals surface area contributed by atoms with Crippen LogP contribution in [0.15, 0.2) is 18.7 Å². The van der Waals surface area contributed by atoms with Gasteiger partial charge in [-0.2, -0.15) is 0 Å². The van der Waals surface area contributed by atoms with Crippen molar-refractivity contribution >= 4 is 6.29 Å². The fraction of sp³-hybridized carbons (Fsp3) is 0.200. The van der Waals surface area contributed by atoms with Crippen LogP contribution in [0.1, 0.15) is 6.17 Å². The maximum atomic E-state index is 9.90. The smallest absolute Gasteiger partial charge is 0.239 e. The molecule has 2 N–H and O–H groups in total. The summed E-state index contributed by atoms with van der Waals surface area (Å²) in [6, 6.07) is 0. The number of nitrogens with two attached hydrogens (primary N) is 1. The minimum atomic E-state index is -0.715. The van der Waals surface area contributed by atoms with Crippen LogP contribution in [0.3, 0.4) is 0 Å². The molecule has 0 aliphatic heterocycles. The monoisotopic (exact) mass is 124 g/mol. The van der Waals surface area contributed by atoms with Gasteiger partial charge in [0.1, 0.15) is 6.17 Å². The van der Waals surface area contributed by atoms with E-state index in [0.717, 1.165) is 0 Å². The molecule has 0 saturated heterocycles. The summed E-state index contributed by atoms with van der Waals surface area (Å²) in [7, 11) is 0. The van der Waals surface area contributed by atoms with Crippen LogP contribution in [0.5, 0.6) is 0 Å². The van der Waals surface area contributed by atoms with E-state index in [2.05, 4.69) is 4.98 Å². The first-order valence-electron chi connectivity index (χ1n) is 2.45. The third-order valence-electron chi connectivity index (χ3n) is 0.967. The average Bonchev–Trinajstić information content (AvgIpc) is 2.37. The summed E-state index contributed by atoms with van der Waals surface area (Å²) in [6.07, 6.45) is 5.53. The van der Waals surface area contributed by atoms with Crippen molar-refractivity contribution in [2.75, 3.05) is 0 Å². The van der Waals surface area contributed by atoms with Crippen molar-refractivity contribution in [1.82, 2.24) is 9.55 Å². The van der Waals surface area contributed by atoms with Gasteiger partial charge in [-0.1, -0.05) is 0 Å². The molecule has 1 radical (unpaired) electrons. The zero-order valence-electron chi connectivity index (χ0n) is 4.69. The second-order valence-corrected chi connectivity index (χ2v) is 1.57. The minimum Gasteiger partial charge on any atom is -0.314 e. The van der Waals surface area contributed by atoms with Crippen LogP contribution in [0.25, 0.3) is 0 Å². The topological polar surface area (TPSA) is 60.9 Å². The van der Waals surface area contributed by atoms with E-state index >= 15 is 0 Å². The molecule has 9 heavy (non-hydrogen) atoms. The summed E-state index contributed by atoms with van der Waals surface area (Å²) in [5.74, 6) is 0. The van der Waals surface area contributed by atoms with Crippen molar-refractivity contribution in [3.05, 3.63) is 18.7 Å². The van der Waals surface area contributed by atoms with Crippen molar-refractivity contribution in [3.8, 4) is 0 Å². The molecule has 1 atom stereocenters. The molecule has 4 heteroatoms. The van der Waals surface area contributed by atoms with Gasteiger partial charge in [-0.05, 0) is 0 Å². The maximum absolute atomic E-state index is 9.90. The summed E-state index contributed by atoms with van der Waals surface area (Å²) in [5, 5.41) is 0. The highest BCUT2D eigenvalue weighted by atomic mass is 16.1. The van der Waals surface area contributed by atoms with Crippen molar-refractivity contribution < 1.29 is 4.79 Å². The fourth-order valence-corrected chi connectivity index (χ4v) is 0.495. The van der Waals surface area contributed by atoms with Gasteiger partial charge in [0.05, 0.1) is 6.33 Å². The van der Waals surface area contributed by atoms with Gasteiger partial charge < -0.3 is 10.3 Å². The Labute approximate surface area is 52.3 Å². The van der Waals surface area contributed by atoms with Crippen molar-refractivity contribution in [2.24, 2.45) is 5.73 Å². The number of aromatic nitrogens is 2. The van der Waals surface area contributed by atoms with Crippen molar-refractivity contribution in [3.63, 3.8) is 0 Å². The Hall–Kier alpha value is -1.16. The van der Waals surface area contributed by atoms with Crippen LogP contribution in [-0.2, 0) is 4.79 Å². The van der Waals surface area contributed by atoms with Gasteiger partial charge >= 0.3 is 0 Å². The number of hydrogen-bond acceptors (Lipinski definition) is 3. The number of imidazole rings is 1. The molecule has 1 unspecified atom stereocenters. The summed E-state index contributed by atoms with van der Waals surface area (Å²) < 4.78 is 1.47. The van der Waals surface area contributed by atoms with E-state index in [4.69, 9.17) is 5.73 Å². The lowest BCUT2D eigenvalue weighted by molar-refractivity contribution is 0.516. The van der Waals surface area contributed by atoms with Crippen LogP contribution in [0.2, 0.25) is 0 Å². The van der Waals surface area contributed by atoms with E-state index in [0.29, 0.717) is 0 Å². The summed E-state index contributed by atoms with van der Waals surface area (Å²) in [4.78, 5) is 13.6. The molecule has 0 fully saturated rings. The Morgan fingerprint density at radius 1 is 1.78 bits per heavy atom. The Bertz CT molecular complexity index is 182. The third-order valence-corrected chi connectivity index (χ3v) is 0.967. The molecule has 0 aliphatic carbocycles. The lowest BCUT2D eigenvalue weighted by Crippen LogP contribution is -2.17. The molecular weight excluding hydrogens is 118 g/mol. The molecule has 47 valence electrons. The van der Waals surface area contributed by atoms with Crippen LogP contribution < -0.4 is 5.73 Å². The van der Waals surface area contributed by atoms with E-state index in [1.165, 1.54) is 10.9 Å². The van der Waals surface area contributed by atoms with Crippen LogP contribution in [-0.4, -0.2) is 15.8 Å². The van der Waals surface area contributed by atoms with Gasteiger partial charge in [0.15, 0.2) is 0 Å². The van der Waals surface area contributed by atoms with E-state index in [-0.39, 0.29) is 0 Å². The molecule has 4 nitrogen and oxygen atoms in total. The summed E-state index contributed by atoms with van der Waals surface area (Å²) in [5.41, 5.74) is 5.24. The van der Waals surface area contributed by atoms with Gasteiger partial charge in [0.25, 0.3) is 0 Å². The lowest BCUT2D eigenvalue weighted by Gasteiger charge is -2.00. The number of hydrogen-bond donors (Lipinski definition) is 1. The maximum Gasteiger partial charge on any atom is 0.239 e. The molecule has 0 aliphatic rings. The zero-order valence-corrected chi connectivity index (χ0v) is 4.69. The standard InChI is InChI=1S/C5H6N3O/c6-5(3-9)8-2-1-7-4-8/h1-2,4-5H,6H2. The number of carbonyl (C=O) groups excluding carboxylic acids is 1. The molecule has 0 saturated carbocycles. The van der Waals surface area contributed by atoms with Crippen molar-refractivity contribution in [2.45, 2.75) is 6.17 Å². The highest BCUT2D eigenvalue weighted by Crippen LogP contribution is 1.91. The zero-order chi connectivity index (χ0) is 6.69. The van der Waals surface area contributed by atoms with Gasteiger partial charge in [-0.25, -0.2) is 4.98 Å². The quantitative estimate of drug-likeness (QED) is 0.575. The highest BCUT2D eigenvalue weighted by Gasteiger charge is 1.99. The fourth-order valence-electron chi connectivity index (χ4n) is 0.495. The minimum absolute atomic E-state index is 0.715. The predicted octanol–water partition coefficient (Wildman–Crippen LogP) is -0.550. The highest BCUT2D eigenvalue weighted by molar-refractivity contribution is 5.55. The summed E-state index contributed by atoms with van der Waals surface area (Å²) in [6.45, 7) is 0. The number of nitrogens with zero attached hydrogens (tertiary/aromatic N) is 2. The first-order valence-corrected chi connectivity index (χ1v) is 2.45. The second-order valence-electron chi connectivity index (χ2n) is 1.57. The molecule has 1 aromatic heterocycles. The van der Waals surface area contributed by atoms with Gasteiger partial charge in [0, 0.05) is 12.4 Å². The predicted molar refractivity (Wildman–Crippen MR) is 31.1 cm³/mol. The van der Waals surface area contributed by atoms with E-state index in [1.54, 1.807) is 18.7 Å². The Morgan fingerprint density at radius 2 is 2.56 bits per heavy atom. The first kappa shape index (κ1) is 5.97. The molecular formula is C5H6N3O. The molecule has 0 bridgehead atoms. The molecule has 1 heterocycles. The Kier molecular flexibility index (Phi) is 1.60. The molecule has 1 rings (SSSR count). The summed E-state index contributed by atoms with van der Waals surface area (Å²) >= 11 is 0. The molecule has 0 spiro atoms.